The highest BCUT2D eigenvalue weighted by Gasteiger charge is 2.31. The van der Waals surface area contributed by atoms with Gasteiger partial charge in [-0.25, -0.2) is 0 Å². The monoisotopic (exact) mass is 467 g/mol. The molecule has 0 spiro atoms. The van der Waals surface area contributed by atoms with Crippen molar-refractivity contribution in [2.75, 3.05) is 38.2 Å². The molecule has 0 N–H and O–H groups in total. The number of piperazine rings is 1. The fourth-order valence-corrected chi connectivity index (χ4v) is 5.08. The van der Waals surface area contributed by atoms with Crippen molar-refractivity contribution in [3.8, 4) is 0 Å². The van der Waals surface area contributed by atoms with E-state index in [2.05, 4.69) is 58.2 Å². The molecule has 0 saturated carbocycles. The minimum absolute atomic E-state index is 0.120. The first-order chi connectivity index (χ1) is 15.7. The van der Waals surface area contributed by atoms with Crippen LogP contribution in [0.2, 0.25) is 5.02 Å². The zero-order chi connectivity index (χ0) is 22.3. The summed E-state index contributed by atoms with van der Waals surface area (Å²) < 4.78 is 2.06. The molecular formula is C26H30ClN3OS. The smallest absolute Gasteiger partial charge is 0.245 e. The van der Waals surface area contributed by atoms with Crippen molar-refractivity contribution in [3.05, 3.63) is 95.3 Å². The van der Waals surface area contributed by atoms with Crippen LogP contribution >= 0.6 is 23.4 Å². The Kier molecular flexibility index (Phi) is 7.95. The number of carbonyl (C=O) groups is 1. The molecule has 1 amide bonds. The zero-order valence-electron chi connectivity index (χ0n) is 18.4. The number of hydrogen-bond acceptors (Lipinski definition) is 3. The molecule has 0 bridgehead atoms. The quantitative estimate of drug-likeness (QED) is 0.446. The third kappa shape index (κ3) is 5.40. The van der Waals surface area contributed by atoms with E-state index in [0.717, 1.165) is 43.4 Å². The van der Waals surface area contributed by atoms with E-state index in [9.17, 15) is 4.79 Å². The molecule has 2 aromatic carbocycles. The average molecular weight is 468 g/mol. The minimum Gasteiger partial charge on any atom is -0.342 e. The highest BCUT2D eigenvalue weighted by Crippen LogP contribution is 2.31. The van der Waals surface area contributed by atoms with Crippen molar-refractivity contribution in [2.24, 2.45) is 0 Å². The Balaban J connectivity index is 1.49. The van der Waals surface area contributed by atoms with Gasteiger partial charge in [-0.2, -0.15) is 11.8 Å². The van der Waals surface area contributed by atoms with Crippen LogP contribution in [-0.4, -0.2) is 58.5 Å². The molecule has 2 atom stereocenters. The molecule has 1 aliphatic heterocycles. The number of benzene rings is 2. The van der Waals surface area contributed by atoms with Crippen molar-refractivity contribution >= 4 is 29.3 Å². The Bertz CT molecular complexity index is 970. The summed E-state index contributed by atoms with van der Waals surface area (Å²) in [6.07, 6.45) is 6.96. The first-order valence-corrected chi connectivity index (χ1v) is 12.9. The molecule has 32 heavy (non-hydrogen) atoms. The lowest BCUT2D eigenvalue weighted by Gasteiger charge is -2.41. The number of amides is 1. The van der Waals surface area contributed by atoms with Crippen LogP contribution in [-0.2, 0) is 4.79 Å². The van der Waals surface area contributed by atoms with Crippen LogP contribution in [0, 0.1) is 0 Å². The van der Waals surface area contributed by atoms with Gasteiger partial charge in [-0.15, -0.1) is 0 Å². The molecule has 2 heterocycles. The van der Waals surface area contributed by atoms with Gasteiger partial charge >= 0.3 is 0 Å². The highest BCUT2D eigenvalue weighted by molar-refractivity contribution is 7.98. The predicted molar refractivity (Wildman–Crippen MR) is 134 cm³/mol. The topological polar surface area (TPSA) is 28.5 Å². The predicted octanol–water partition coefficient (Wildman–Crippen LogP) is 5.37. The van der Waals surface area contributed by atoms with Gasteiger partial charge in [0.15, 0.2) is 0 Å². The molecule has 1 saturated heterocycles. The lowest BCUT2D eigenvalue weighted by molar-refractivity contribution is -0.136. The van der Waals surface area contributed by atoms with Crippen molar-refractivity contribution in [1.82, 2.24) is 14.4 Å². The average Bonchev–Trinajstić information content (AvgIpc) is 3.36. The summed E-state index contributed by atoms with van der Waals surface area (Å²) in [5, 5.41) is 0.747. The Morgan fingerprint density at radius 3 is 2.16 bits per heavy atom. The molecule has 0 radical (unpaired) electrons. The minimum atomic E-state index is -0.120. The van der Waals surface area contributed by atoms with Crippen LogP contribution in [0.1, 0.15) is 29.6 Å². The van der Waals surface area contributed by atoms with Gasteiger partial charge in [-0.05, 0) is 53.8 Å². The summed E-state index contributed by atoms with van der Waals surface area (Å²) in [7, 11) is 0. The molecule has 1 aliphatic rings. The van der Waals surface area contributed by atoms with E-state index < -0.39 is 0 Å². The lowest BCUT2D eigenvalue weighted by Crippen LogP contribution is -2.51. The van der Waals surface area contributed by atoms with Gasteiger partial charge in [0, 0.05) is 43.6 Å². The summed E-state index contributed by atoms with van der Waals surface area (Å²) in [6.45, 7) is 3.17. The van der Waals surface area contributed by atoms with Crippen LogP contribution in [0.25, 0.3) is 0 Å². The van der Waals surface area contributed by atoms with E-state index in [1.54, 1.807) is 11.8 Å². The highest BCUT2D eigenvalue weighted by atomic mass is 35.5. The van der Waals surface area contributed by atoms with Crippen LogP contribution in [0.3, 0.4) is 0 Å². The van der Waals surface area contributed by atoms with Crippen molar-refractivity contribution in [1.29, 1.82) is 0 Å². The fraction of sp³-hybridized carbons (Fsp3) is 0.346. The van der Waals surface area contributed by atoms with Gasteiger partial charge in [0.05, 0.1) is 6.04 Å². The SMILES string of the molecule is CSCC[C@@H](C(=O)N1CCN([C@@H](c2ccccc2)c2ccc(Cl)cc2)CC1)n1cccc1. The van der Waals surface area contributed by atoms with Gasteiger partial charge in [-0.3, -0.25) is 9.69 Å². The summed E-state index contributed by atoms with van der Waals surface area (Å²) in [5.74, 6) is 1.21. The normalized spacial score (nSPS) is 16.6. The molecule has 1 fully saturated rings. The lowest BCUT2D eigenvalue weighted by atomic mass is 9.96. The standard InChI is InChI=1S/C26H30ClN3OS/c1-32-20-13-24(28-14-5-6-15-28)26(31)30-18-16-29(17-19-30)25(21-7-3-2-4-8-21)22-9-11-23(27)12-10-22/h2-12,14-15,24-25H,13,16-20H2,1H3/t24-,25-/m0/s1. The third-order valence-corrected chi connectivity index (χ3v) is 7.06. The van der Waals surface area contributed by atoms with E-state index in [-0.39, 0.29) is 18.0 Å². The first-order valence-electron chi connectivity index (χ1n) is 11.1. The number of aromatic nitrogens is 1. The number of halogens is 1. The second-order valence-electron chi connectivity index (χ2n) is 8.15. The second kappa shape index (κ2) is 11.1. The van der Waals surface area contributed by atoms with E-state index in [0.29, 0.717) is 0 Å². The molecule has 3 aromatic rings. The first kappa shape index (κ1) is 23.0. The van der Waals surface area contributed by atoms with Crippen molar-refractivity contribution in [2.45, 2.75) is 18.5 Å². The molecule has 0 aliphatic carbocycles. The van der Waals surface area contributed by atoms with Gasteiger partial charge < -0.3 is 9.47 Å². The maximum absolute atomic E-state index is 13.4. The van der Waals surface area contributed by atoms with Crippen molar-refractivity contribution < 1.29 is 4.79 Å². The van der Waals surface area contributed by atoms with E-state index >= 15 is 0 Å². The molecule has 1 aromatic heterocycles. The molecule has 4 rings (SSSR count). The van der Waals surface area contributed by atoms with Crippen LogP contribution in [0.15, 0.2) is 79.1 Å². The molecular weight excluding hydrogens is 438 g/mol. The zero-order valence-corrected chi connectivity index (χ0v) is 20.0. The Morgan fingerprint density at radius 2 is 1.53 bits per heavy atom. The van der Waals surface area contributed by atoms with Gasteiger partial charge in [0.2, 0.25) is 5.91 Å². The fourth-order valence-electron chi connectivity index (χ4n) is 4.49. The largest absolute Gasteiger partial charge is 0.342 e. The molecule has 6 heteroatoms. The number of carbonyl (C=O) groups excluding carboxylic acids is 1. The maximum atomic E-state index is 13.4. The van der Waals surface area contributed by atoms with Gasteiger partial charge in [0.1, 0.15) is 6.04 Å². The Hall–Kier alpha value is -2.21. The summed E-state index contributed by atoms with van der Waals surface area (Å²) in [6, 6.07) is 22.8. The van der Waals surface area contributed by atoms with Gasteiger partial charge in [0.25, 0.3) is 0 Å². The number of nitrogens with zero attached hydrogens (tertiary/aromatic N) is 3. The summed E-state index contributed by atoms with van der Waals surface area (Å²) >= 11 is 7.94. The van der Waals surface area contributed by atoms with Crippen LogP contribution in [0.5, 0.6) is 0 Å². The Morgan fingerprint density at radius 1 is 0.906 bits per heavy atom. The second-order valence-corrected chi connectivity index (χ2v) is 9.58. The van der Waals surface area contributed by atoms with Crippen molar-refractivity contribution in [3.63, 3.8) is 0 Å². The summed E-state index contributed by atoms with van der Waals surface area (Å²) in [5.41, 5.74) is 2.49. The number of thioether (sulfide) groups is 1. The van der Waals surface area contributed by atoms with E-state index in [1.807, 2.05) is 41.6 Å². The third-order valence-electron chi connectivity index (χ3n) is 6.16. The van der Waals surface area contributed by atoms with E-state index in [1.165, 1.54) is 11.1 Å². The molecule has 0 unspecified atom stereocenters. The number of rotatable bonds is 8. The molecule has 4 nitrogen and oxygen atoms in total. The Labute approximate surface area is 200 Å². The van der Waals surface area contributed by atoms with Gasteiger partial charge in [-0.1, -0.05) is 54.1 Å². The molecule has 168 valence electrons. The maximum Gasteiger partial charge on any atom is 0.245 e. The number of hydrogen-bond donors (Lipinski definition) is 0. The van der Waals surface area contributed by atoms with Crippen LogP contribution < -0.4 is 0 Å². The van der Waals surface area contributed by atoms with Crippen LogP contribution in [0.4, 0.5) is 0 Å². The van der Waals surface area contributed by atoms with E-state index in [4.69, 9.17) is 11.6 Å². The summed E-state index contributed by atoms with van der Waals surface area (Å²) in [4.78, 5) is 17.9.